The SMILES string of the molecule is CC(C)=C1[C@H]2CC[C@@H]1[C@@]1(Br)C(F)(F)[C@@]21Br. The average molecular weight is 342 g/mol. The fourth-order valence-corrected chi connectivity index (χ4v) is 6.51. The number of alkyl halides is 4. The highest BCUT2D eigenvalue weighted by Gasteiger charge is 2.98. The molecule has 0 nitrogen and oxygen atoms in total. The van der Waals surface area contributed by atoms with E-state index in [1.165, 1.54) is 11.1 Å². The second kappa shape index (κ2) is 2.53. The van der Waals surface area contributed by atoms with Crippen LogP contribution in [0.3, 0.4) is 0 Å². The Morgan fingerprint density at radius 3 is 1.87 bits per heavy atom. The molecule has 0 amide bonds. The molecule has 0 aliphatic heterocycles. The Hall–Kier alpha value is 0.560. The third kappa shape index (κ3) is 0.772. The minimum atomic E-state index is -2.59. The third-order valence-corrected chi connectivity index (χ3v) is 8.30. The minimum Gasteiger partial charge on any atom is -0.203 e. The van der Waals surface area contributed by atoms with Gasteiger partial charge in [0, 0.05) is 11.8 Å². The van der Waals surface area contributed by atoms with Gasteiger partial charge < -0.3 is 0 Å². The highest BCUT2D eigenvalue weighted by Crippen LogP contribution is 2.87. The number of hydrogen-bond acceptors (Lipinski definition) is 0. The number of fused-ring (bicyclic) bond motifs is 5. The van der Waals surface area contributed by atoms with E-state index in [0.717, 1.165) is 12.8 Å². The van der Waals surface area contributed by atoms with Gasteiger partial charge in [-0.1, -0.05) is 43.0 Å². The Balaban J connectivity index is 2.18. The molecule has 3 aliphatic rings. The van der Waals surface area contributed by atoms with E-state index in [-0.39, 0.29) is 11.8 Å². The molecule has 0 N–H and O–H groups in total. The zero-order valence-electron chi connectivity index (χ0n) is 8.58. The van der Waals surface area contributed by atoms with Gasteiger partial charge >= 0.3 is 0 Å². The van der Waals surface area contributed by atoms with E-state index < -0.39 is 14.6 Å². The van der Waals surface area contributed by atoms with Crippen molar-refractivity contribution in [1.82, 2.24) is 0 Å². The van der Waals surface area contributed by atoms with Crippen LogP contribution in [0, 0.1) is 11.8 Å². The molecule has 0 aromatic carbocycles. The summed E-state index contributed by atoms with van der Waals surface area (Å²) in [5.74, 6) is -2.53. The highest BCUT2D eigenvalue weighted by atomic mass is 79.9. The van der Waals surface area contributed by atoms with E-state index in [1.807, 2.05) is 13.8 Å². The van der Waals surface area contributed by atoms with E-state index in [2.05, 4.69) is 31.9 Å². The predicted octanol–water partition coefficient (Wildman–Crippen LogP) is 4.28. The van der Waals surface area contributed by atoms with Gasteiger partial charge in [-0.05, 0) is 26.7 Å². The monoisotopic (exact) mass is 340 g/mol. The van der Waals surface area contributed by atoms with E-state index >= 15 is 0 Å². The number of halogens is 4. The zero-order chi connectivity index (χ0) is 11.2. The lowest BCUT2D eigenvalue weighted by atomic mass is 9.94. The lowest BCUT2D eigenvalue weighted by Crippen LogP contribution is -2.21. The van der Waals surface area contributed by atoms with E-state index in [0.29, 0.717) is 0 Å². The molecule has 0 aromatic heterocycles. The van der Waals surface area contributed by atoms with Gasteiger partial charge in [-0.25, -0.2) is 8.78 Å². The summed E-state index contributed by atoms with van der Waals surface area (Å²) < 4.78 is 25.7. The molecule has 15 heavy (non-hydrogen) atoms. The Bertz CT molecular complexity index is 358. The average Bonchev–Trinajstić information content (AvgIpc) is 2.56. The largest absolute Gasteiger partial charge is 0.282 e. The van der Waals surface area contributed by atoms with Crippen molar-refractivity contribution in [2.45, 2.75) is 41.3 Å². The van der Waals surface area contributed by atoms with Gasteiger partial charge in [0.1, 0.15) is 8.65 Å². The van der Waals surface area contributed by atoms with Crippen molar-refractivity contribution in [2.24, 2.45) is 11.8 Å². The lowest BCUT2D eigenvalue weighted by molar-refractivity contribution is 0.0821. The second-order valence-electron chi connectivity index (χ2n) is 5.14. The molecule has 3 rings (SSSR count). The standard InChI is InChI=1S/C11H12Br2F2/c1-5(2)8-6-3-4-7(8)10(13)9(6,12)11(10,14)15/h6-7H,3-4H2,1-2H3/t6-,7+,9-,10+. The van der Waals surface area contributed by atoms with Crippen molar-refractivity contribution in [2.75, 3.05) is 0 Å². The predicted molar refractivity (Wildman–Crippen MR) is 62.9 cm³/mol. The van der Waals surface area contributed by atoms with Crippen LogP contribution in [0.15, 0.2) is 11.1 Å². The summed E-state index contributed by atoms with van der Waals surface area (Å²) in [4.78, 5) is 0. The minimum absolute atomic E-state index is 0.0295. The van der Waals surface area contributed by atoms with Crippen molar-refractivity contribution in [3.63, 3.8) is 0 Å². The number of allylic oxidation sites excluding steroid dienone is 2. The molecular formula is C11H12Br2F2. The Morgan fingerprint density at radius 2 is 1.53 bits per heavy atom. The van der Waals surface area contributed by atoms with Crippen LogP contribution in [0.5, 0.6) is 0 Å². The quantitative estimate of drug-likeness (QED) is 0.455. The molecular weight excluding hydrogens is 330 g/mol. The second-order valence-corrected chi connectivity index (χ2v) is 7.64. The maximum absolute atomic E-state index is 13.9. The molecule has 4 heteroatoms. The first kappa shape index (κ1) is 10.7. The van der Waals surface area contributed by atoms with E-state index in [4.69, 9.17) is 0 Å². The summed E-state index contributed by atoms with van der Waals surface area (Å²) in [5, 5.41) is 0. The van der Waals surface area contributed by atoms with Crippen LogP contribution in [0.25, 0.3) is 0 Å². The molecule has 0 radical (unpaired) electrons. The fraction of sp³-hybridized carbons (Fsp3) is 0.818. The molecule has 3 aliphatic carbocycles. The molecule has 0 unspecified atom stereocenters. The summed E-state index contributed by atoms with van der Waals surface area (Å²) in [5.41, 5.74) is 2.50. The van der Waals surface area contributed by atoms with Gasteiger partial charge in [0.15, 0.2) is 0 Å². The van der Waals surface area contributed by atoms with Crippen LogP contribution in [0.2, 0.25) is 0 Å². The van der Waals surface area contributed by atoms with Gasteiger partial charge in [0.25, 0.3) is 5.92 Å². The van der Waals surface area contributed by atoms with Crippen LogP contribution in [0.1, 0.15) is 26.7 Å². The third-order valence-electron chi connectivity index (χ3n) is 4.41. The fourth-order valence-electron chi connectivity index (χ4n) is 3.82. The topological polar surface area (TPSA) is 0 Å². The molecule has 0 saturated heterocycles. The maximum atomic E-state index is 13.9. The van der Waals surface area contributed by atoms with Crippen molar-refractivity contribution in [1.29, 1.82) is 0 Å². The van der Waals surface area contributed by atoms with E-state index in [9.17, 15) is 8.78 Å². The van der Waals surface area contributed by atoms with Gasteiger partial charge in [0.2, 0.25) is 0 Å². The van der Waals surface area contributed by atoms with Gasteiger partial charge in [0.05, 0.1) is 0 Å². The van der Waals surface area contributed by atoms with Crippen LogP contribution in [-0.2, 0) is 0 Å². The molecule has 3 fully saturated rings. The molecule has 84 valence electrons. The Labute approximate surface area is 105 Å². The number of rotatable bonds is 0. The molecule has 2 bridgehead atoms. The lowest BCUT2D eigenvalue weighted by Gasteiger charge is -2.18. The summed E-state index contributed by atoms with van der Waals surface area (Å²) in [6, 6.07) is 0. The van der Waals surface area contributed by atoms with E-state index in [1.54, 1.807) is 0 Å². The zero-order valence-corrected chi connectivity index (χ0v) is 11.8. The first-order valence-electron chi connectivity index (χ1n) is 5.23. The molecule has 3 saturated carbocycles. The molecule has 0 aromatic rings. The van der Waals surface area contributed by atoms with Crippen molar-refractivity contribution in [3.05, 3.63) is 11.1 Å². The van der Waals surface area contributed by atoms with Crippen LogP contribution >= 0.6 is 31.9 Å². The Morgan fingerprint density at radius 1 is 1.13 bits per heavy atom. The summed E-state index contributed by atoms with van der Waals surface area (Å²) >= 11 is 6.66. The van der Waals surface area contributed by atoms with Crippen LogP contribution in [0.4, 0.5) is 8.78 Å². The maximum Gasteiger partial charge on any atom is 0.282 e. The molecule has 0 spiro atoms. The Kier molecular flexibility index (Phi) is 1.80. The van der Waals surface area contributed by atoms with Crippen molar-refractivity contribution in [3.8, 4) is 0 Å². The van der Waals surface area contributed by atoms with Crippen molar-refractivity contribution < 1.29 is 8.78 Å². The smallest absolute Gasteiger partial charge is 0.203 e. The van der Waals surface area contributed by atoms with Crippen molar-refractivity contribution >= 4 is 31.9 Å². The van der Waals surface area contributed by atoms with Gasteiger partial charge in [-0.15, -0.1) is 0 Å². The summed E-state index contributed by atoms with van der Waals surface area (Å²) in [6.07, 6.45) is 1.80. The van der Waals surface area contributed by atoms with Gasteiger partial charge in [-0.3, -0.25) is 0 Å². The first-order chi connectivity index (χ1) is 6.80. The van der Waals surface area contributed by atoms with Crippen LogP contribution in [-0.4, -0.2) is 14.6 Å². The molecule has 0 heterocycles. The summed E-state index contributed by atoms with van der Waals surface area (Å²) in [7, 11) is 0. The normalized spacial score (nSPS) is 54.4. The highest BCUT2D eigenvalue weighted by molar-refractivity contribution is 9.13. The van der Waals surface area contributed by atoms with Gasteiger partial charge in [-0.2, -0.15) is 0 Å². The van der Waals surface area contributed by atoms with Crippen LogP contribution < -0.4 is 0 Å². The summed E-state index contributed by atoms with van der Waals surface area (Å²) in [6.45, 7) is 4.08. The number of hydrogen-bond donors (Lipinski definition) is 0. The molecule has 4 atom stereocenters. The first-order valence-corrected chi connectivity index (χ1v) is 6.81.